The van der Waals surface area contributed by atoms with E-state index < -0.39 is 0 Å². The summed E-state index contributed by atoms with van der Waals surface area (Å²) in [4.78, 5) is 3.82. The molecule has 4 heterocycles. The van der Waals surface area contributed by atoms with Crippen molar-refractivity contribution in [2.45, 2.75) is 0 Å². The highest BCUT2D eigenvalue weighted by molar-refractivity contribution is 6.39. The van der Waals surface area contributed by atoms with Crippen LogP contribution < -0.4 is 0 Å². The van der Waals surface area contributed by atoms with Crippen LogP contribution in [0.15, 0.2) is 121 Å². The number of hydrogen-bond donors (Lipinski definition) is 1. The fourth-order valence-corrected chi connectivity index (χ4v) is 7.32. The Hall–Kier alpha value is -5.28. The Bertz CT molecular complexity index is 2590. The first-order valence-corrected chi connectivity index (χ1v) is 13.5. The fraction of sp³-hybridized carbons (Fsp3) is 0. The number of aromatic amines is 1. The summed E-state index contributed by atoms with van der Waals surface area (Å²) in [6, 6.07) is 44.3. The Kier molecular flexibility index (Phi) is 3.44. The summed E-state index contributed by atoms with van der Waals surface area (Å²) >= 11 is 0. The van der Waals surface area contributed by atoms with Crippen molar-refractivity contribution in [1.82, 2.24) is 14.0 Å². The Labute approximate surface area is 222 Å². The van der Waals surface area contributed by atoms with Gasteiger partial charge in [-0.15, -0.1) is 0 Å². The Morgan fingerprint density at radius 1 is 0.410 bits per heavy atom. The number of fused-ring (bicyclic) bond motifs is 9. The second-order valence-electron chi connectivity index (χ2n) is 10.6. The Balaban J connectivity index is 1.64. The third-order valence-corrected chi connectivity index (χ3v) is 8.74. The number of nitrogens with one attached hydrogen (secondary N) is 1. The van der Waals surface area contributed by atoms with Gasteiger partial charge in [0.05, 0.1) is 27.6 Å². The fourth-order valence-electron chi connectivity index (χ4n) is 7.32. The minimum atomic E-state index is 1.17. The van der Waals surface area contributed by atoms with Gasteiger partial charge in [0.25, 0.3) is 0 Å². The van der Waals surface area contributed by atoms with Gasteiger partial charge in [-0.3, -0.25) is 0 Å². The van der Waals surface area contributed by atoms with Crippen LogP contribution in [-0.2, 0) is 0 Å². The molecule has 0 saturated carbocycles. The van der Waals surface area contributed by atoms with Gasteiger partial charge >= 0.3 is 0 Å². The number of nitrogens with zero attached hydrogens (tertiary/aromatic N) is 2. The van der Waals surface area contributed by atoms with E-state index in [1.165, 1.54) is 87.4 Å². The van der Waals surface area contributed by atoms with E-state index in [-0.39, 0.29) is 0 Å². The van der Waals surface area contributed by atoms with Gasteiger partial charge in [-0.25, -0.2) is 0 Å². The van der Waals surface area contributed by atoms with E-state index in [4.69, 9.17) is 0 Å². The van der Waals surface area contributed by atoms with E-state index >= 15 is 0 Å². The maximum absolute atomic E-state index is 3.82. The predicted octanol–water partition coefficient (Wildman–Crippen LogP) is 9.57. The Morgan fingerprint density at radius 2 is 1.10 bits per heavy atom. The lowest BCUT2D eigenvalue weighted by molar-refractivity contribution is 1.18. The molecule has 3 heteroatoms. The molecule has 0 unspecified atom stereocenters. The highest BCUT2D eigenvalue weighted by Crippen LogP contribution is 2.47. The first-order valence-electron chi connectivity index (χ1n) is 13.5. The molecule has 0 fully saturated rings. The van der Waals surface area contributed by atoms with E-state index in [0.29, 0.717) is 0 Å². The number of para-hydroxylation sites is 4. The van der Waals surface area contributed by atoms with E-state index in [2.05, 4.69) is 135 Å². The molecule has 6 aromatic carbocycles. The topological polar surface area (TPSA) is 25.1 Å². The van der Waals surface area contributed by atoms with Crippen molar-refractivity contribution in [3.63, 3.8) is 0 Å². The summed E-state index contributed by atoms with van der Waals surface area (Å²) in [7, 11) is 0. The van der Waals surface area contributed by atoms with Crippen molar-refractivity contribution in [3.05, 3.63) is 121 Å². The van der Waals surface area contributed by atoms with E-state index in [0.717, 1.165) is 0 Å². The van der Waals surface area contributed by atoms with Gasteiger partial charge in [0, 0.05) is 59.8 Å². The van der Waals surface area contributed by atoms with Crippen molar-refractivity contribution in [2.75, 3.05) is 0 Å². The minimum absolute atomic E-state index is 1.17. The van der Waals surface area contributed by atoms with Crippen LogP contribution in [0, 0.1) is 0 Å². The normalized spacial score (nSPS) is 12.6. The van der Waals surface area contributed by atoms with Crippen molar-refractivity contribution in [1.29, 1.82) is 0 Å². The third kappa shape index (κ3) is 2.27. The van der Waals surface area contributed by atoms with Crippen molar-refractivity contribution < 1.29 is 0 Å². The van der Waals surface area contributed by atoms with Crippen LogP contribution in [0.3, 0.4) is 0 Å². The van der Waals surface area contributed by atoms with Crippen molar-refractivity contribution in [3.8, 4) is 5.69 Å². The summed E-state index contributed by atoms with van der Waals surface area (Å²) in [5.74, 6) is 0. The Morgan fingerprint density at radius 3 is 2.00 bits per heavy atom. The molecule has 0 amide bonds. The average molecular weight is 496 g/mol. The quantitative estimate of drug-likeness (QED) is 0.235. The molecule has 10 rings (SSSR count). The van der Waals surface area contributed by atoms with Gasteiger partial charge < -0.3 is 14.0 Å². The summed E-state index contributed by atoms with van der Waals surface area (Å²) < 4.78 is 4.92. The van der Waals surface area contributed by atoms with E-state index in [9.17, 15) is 0 Å². The molecule has 180 valence electrons. The lowest BCUT2D eigenvalue weighted by atomic mass is 9.98. The molecule has 3 nitrogen and oxygen atoms in total. The smallest absolute Gasteiger partial charge is 0.0620 e. The molecule has 39 heavy (non-hydrogen) atoms. The maximum atomic E-state index is 3.82. The second-order valence-corrected chi connectivity index (χ2v) is 10.6. The molecule has 0 aliphatic heterocycles. The maximum Gasteiger partial charge on any atom is 0.0620 e. The van der Waals surface area contributed by atoms with Gasteiger partial charge in [0.15, 0.2) is 0 Å². The standard InChI is InChI=1S/C36H21N3/c1-2-10-21(11-3-1)38-29-18-7-5-13-24(29)32-31(38)20-27-35-33(32)25-15-8-14-23-22-12-4-6-17-28(22)39(36(23)25)30-19-9-16-26(37-27)34(30)35/h1-20,37H. The molecule has 0 spiro atoms. The van der Waals surface area contributed by atoms with Crippen molar-refractivity contribution >= 4 is 81.7 Å². The molecule has 0 bridgehead atoms. The molecule has 0 aliphatic rings. The van der Waals surface area contributed by atoms with Crippen LogP contribution in [0.1, 0.15) is 0 Å². The molecule has 1 N–H and O–H groups in total. The van der Waals surface area contributed by atoms with Gasteiger partial charge in [0.2, 0.25) is 0 Å². The van der Waals surface area contributed by atoms with Crippen LogP contribution in [0.5, 0.6) is 0 Å². The van der Waals surface area contributed by atoms with Gasteiger partial charge in [-0.05, 0) is 42.5 Å². The number of rotatable bonds is 1. The summed E-state index contributed by atoms with van der Waals surface area (Å²) in [6.45, 7) is 0. The van der Waals surface area contributed by atoms with Crippen LogP contribution in [0.2, 0.25) is 0 Å². The molecule has 10 aromatic rings. The number of hydrogen-bond acceptors (Lipinski definition) is 0. The lowest BCUT2D eigenvalue weighted by Gasteiger charge is -2.08. The monoisotopic (exact) mass is 495 g/mol. The van der Waals surface area contributed by atoms with Gasteiger partial charge in [0.1, 0.15) is 0 Å². The third-order valence-electron chi connectivity index (χ3n) is 8.74. The van der Waals surface area contributed by atoms with Crippen LogP contribution in [0.4, 0.5) is 0 Å². The highest BCUT2D eigenvalue weighted by Gasteiger charge is 2.23. The van der Waals surface area contributed by atoms with E-state index in [1.807, 2.05) is 0 Å². The first kappa shape index (κ1) is 19.8. The zero-order chi connectivity index (χ0) is 25.2. The zero-order valence-corrected chi connectivity index (χ0v) is 20.9. The molecule has 0 radical (unpaired) electrons. The lowest BCUT2D eigenvalue weighted by Crippen LogP contribution is -1.93. The number of aromatic nitrogens is 3. The minimum Gasteiger partial charge on any atom is -0.354 e. The predicted molar refractivity (Wildman–Crippen MR) is 165 cm³/mol. The van der Waals surface area contributed by atoms with Gasteiger partial charge in [-0.2, -0.15) is 0 Å². The molecular formula is C36H21N3. The average Bonchev–Trinajstić information content (AvgIpc) is 3.61. The number of benzene rings is 6. The van der Waals surface area contributed by atoms with Crippen molar-refractivity contribution in [2.24, 2.45) is 0 Å². The summed E-state index contributed by atoms with van der Waals surface area (Å²) in [5.41, 5.74) is 9.74. The first-order chi connectivity index (χ1) is 19.4. The number of H-pyrrole nitrogens is 1. The van der Waals surface area contributed by atoms with E-state index in [1.54, 1.807) is 0 Å². The SMILES string of the molecule is c1ccc(-n2c3ccccc3c3c4c5cccc6c7ccccc7n(c7cccc8[nH]c(cc32)c4c87)c65)cc1. The van der Waals surface area contributed by atoms with Crippen LogP contribution in [0.25, 0.3) is 87.4 Å². The summed E-state index contributed by atoms with van der Waals surface area (Å²) in [5, 5.41) is 10.4. The molecule has 4 aromatic heterocycles. The second kappa shape index (κ2) is 6.77. The van der Waals surface area contributed by atoms with Gasteiger partial charge in [-0.1, -0.05) is 78.9 Å². The zero-order valence-electron chi connectivity index (χ0n) is 20.9. The highest BCUT2D eigenvalue weighted by atomic mass is 15.0. The molecule has 0 saturated heterocycles. The van der Waals surface area contributed by atoms with Crippen LogP contribution >= 0.6 is 0 Å². The molecular weight excluding hydrogens is 474 g/mol. The molecule has 0 atom stereocenters. The van der Waals surface area contributed by atoms with Crippen LogP contribution in [-0.4, -0.2) is 14.0 Å². The molecule has 0 aliphatic carbocycles. The largest absolute Gasteiger partial charge is 0.354 e. The summed E-state index contributed by atoms with van der Waals surface area (Å²) in [6.07, 6.45) is 0.